The van der Waals surface area contributed by atoms with Crippen LogP contribution in [0.4, 0.5) is 0 Å². The molecule has 7 heteroatoms. The van der Waals surface area contributed by atoms with Crippen molar-refractivity contribution in [3.05, 3.63) is 58.6 Å². The van der Waals surface area contributed by atoms with E-state index in [0.717, 1.165) is 21.7 Å². The first-order chi connectivity index (χ1) is 10.7. The molecule has 0 fully saturated rings. The molecule has 3 aromatic rings. The first-order valence-electron chi connectivity index (χ1n) is 6.56. The maximum Gasteiger partial charge on any atom is 0.231 e. The van der Waals surface area contributed by atoms with Crippen LogP contribution in [0.2, 0.25) is 0 Å². The Morgan fingerprint density at radius 1 is 1.09 bits per heavy atom. The summed E-state index contributed by atoms with van der Waals surface area (Å²) in [5.74, 6) is 1.64. The van der Waals surface area contributed by atoms with Gasteiger partial charge in [-0.15, -0.1) is 15.0 Å². The lowest BCUT2D eigenvalue weighted by Gasteiger charge is -2.01. The summed E-state index contributed by atoms with van der Waals surface area (Å²) >= 11 is 4.96. The van der Waals surface area contributed by atoms with Gasteiger partial charge in [0.2, 0.25) is 5.16 Å². The second-order valence-corrected chi connectivity index (χ2v) is 6.33. The van der Waals surface area contributed by atoms with E-state index in [1.165, 1.54) is 10.4 Å². The van der Waals surface area contributed by atoms with Crippen molar-refractivity contribution in [2.75, 3.05) is 7.11 Å². The fourth-order valence-electron chi connectivity index (χ4n) is 1.81. The quantitative estimate of drug-likeness (QED) is 0.635. The first kappa shape index (κ1) is 15.1. The van der Waals surface area contributed by atoms with Crippen LogP contribution in [-0.2, 0) is 5.75 Å². The molecule has 0 unspecified atom stereocenters. The number of nitrogens with zero attached hydrogens (tertiary/aromatic N) is 4. The standard InChI is InChI=1S/C15H13BrN4OS/c1-21-14-8-2-11(3-9-14)10-22-15-17-19-20(18-15)13-6-4-12(16)5-7-13/h2-9H,10H2,1H3. The Hall–Kier alpha value is -1.86. The zero-order valence-electron chi connectivity index (χ0n) is 11.8. The van der Waals surface area contributed by atoms with Crippen LogP contribution in [0.1, 0.15) is 5.56 Å². The Labute approximate surface area is 140 Å². The van der Waals surface area contributed by atoms with Crippen LogP contribution in [0.25, 0.3) is 5.69 Å². The third-order valence-corrected chi connectivity index (χ3v) is 4.41. The van der Waals surface area contributed by atoms with Crippen LogP contribution in [0.15, 0.2) is 58.2 Å². The Balaban J connectivity index is 1.65. The molecule has 112 valence electrons. The van der Waals surface area contributed by atoms with Crippen molar-refractivity contribution in [3.8, 4) is 11.4 Å². The molecule has 5 nitrogen and oxygen atoms in total. The van der Waals surface area contributed by atoms with Gasteiger partial charge in [0.15, 0.2) is 0 Å². The molecule has 0 bridgehead atoms. The molecule has 2 aromatic carbocycles. The third kappa shape index (κ3) is 3.66. The Kier molecular flexibility index (Phi) is 4.74. The third-order valence-electron chi connectivity index (χ3n) is 2.98. The molecule has 0 radical (unpaired) electrons. The van der Waals surface area contributed by atoms with Gasteiger partial charge in [-0.1, -0.05) is 39.8 Å². The van der Waals surface area contributed by atoms with Gasteiger partial charge in [-0.3, -0.25) is 0 Å². The minimum atomic E-state index is 0.652. The second kappa shape index (κ2) is 6.93. The average molecular weight is 377 g/mol. The largest absolute Gasteiger partial charge is 0.497 e. The lowest BCUT2D eigenvalue weighted by atomic mass is 10.2. The van der Waals surface area contributed by atoms with Gasteiger partial charge < -0.3 is 4.74 Å². The minimum Gasteiger partial charge on any atom is -0.497 e. The van der Waals surface area contributed by atoms with E-state index in [1.807, 2.05) is 48.5 Å². The normalized spacial score (nSPS) is 10.6. The molecule has 1 heterocycles. The van der Waals surface area contributed by atoms with Crippen LogP contribution in [0, 0.1) is 0 Å². The lowest BCUT2D eigenvalue weighted by Crippen LogP contribution is -1.98. The number of methoxy groups -OCH3 is 1. The number of aromatic nitrogens is 4. The highest BCUT2D eigenvalue weighted by atomic mass is 79.9. The molecule has 0 saturated heterocycles. The lowest BCUT2D eigenvalue weighted by molar-refractivity contribution is 0.414. The van der Waals surface area contributed by atoms with Gasteiger partial charge in [0.1, 0.15) is 5.75 Å². The first-order valence-corrected chi connectivity index (χ1v) is 8.34. The fourth-order valence-corrected chi connectivity index (χ4v) is 2.79. The number of hydrogen-bond donors (Lipinski definition) is 0. The molecule has 0 amide bonds. The molecule has 1 aromatic heterocycles. The molecular weight excluding hydrogens is 364 g/mol. The summed E-state index contributed by atoms with van der Waals surface area (Å²) in [6, 6.07) is 15.7. The van der Waals surface area contributed by atoms with Crippen LogP contribution in [0.5, 0.6) is 5.75 Å². The van der Waals surface area contributed by atoms with Crippen molar-refractivity contribution in [1.82, 2.24) is 20.2 Å². The fraction of sp³-hybridized carbons (Fsp3) is 0.133. The number of benzene rings is 2. The van der Waals surface area contributed by atoms with Gasteiger partial charge in [0, 0.05) is 10.2 Å². The molecule has 0 aliphatic carbocycles. The topological polar surface area (TPSA) is 52.8 Å². The molecule has 22 heavy (non-hydrogen) atoms. The molecule has 0 spiro atoms. The summed E-state index contributed by atoms with van der Waals surface area (Å²) in [5, 5.41) is 13.2. The summed E-state index contributed by atoms with van der Waals surface area (Å²) < 4.78 is 6.16. The van der Waals surface area contributed by atoms with E-state index in [1.54, 1.807) is 18.9 Å². The van der Waals surface area contributed by atoms with Crippen molar-refractivity contribution in [3.63, 3.8) is 0 Å². The predicted molar refractivity (Wildman–Crippen MR) is 89.4 cm³/mol. The van der Waals surface area contributed by atoms with Gasteiger partial charge >= 0.3 is 0 Å². The molecule has 0 aliphatic heterocycles. The monoisotopic (exact) mass is 376 g/mol. The Morgan fingerprint density at radius 2 is 1.82 bits per heavy atom. The highest BCUT2D eigenvalue weighted by Gasteiger charge is 2.06. The van der Waals surface area contributed by atoms with Gasteiger partial charge in [0.05, 0.1) is 12.8 Å². The maximum atomic E-state index is 5.14. The van der Waals surface area contributed by atoms with Crippen LogP contribution in [0.3, 0.4) is 0 Å². The number of hydrogen-bond acceptors (Lipinski definition) is 5. The molecule has 0 atom stereocenters. The zero-order valence-corrected chi connectivity index (χ0v) is 14.2. The molecule has 0 saturated carbocycles. The van der Waals surface area contributed by atoms with Gasteiger partial charge in [-0.25, -0.2) is 0 Å². The smallest absolute Gasteiger partial charge is 0.231 e. The molecule has 0 N–H and O–H groups in total. The zero-order chi connectivity index (χ0) is 15.4. The van der Waals surface area contributed by atoms with Crippen molar-refractivity contribution in [2.24, 2.45) is 0 Å². The van der Waals surface area contributed by atoms with E-state index >= 15 is 0 Å². The second-order valence-electron chi connectivity index (χ2n) is 4.47. The van der Waals surface area contributed by atoms with E-state index in [-0.39, 0.29) is 0 Å². The number of halogens is 1. The van der Waals surface area contributed by atoms with Crippen LogP contribution in [-0.4, -0.2) is 27.3 Å². The molecule has 3 rings (SSSR count). The Morgan fingerprint density at radius 3 is 2.50 bits per heavy atom. The van der Waals surface area contributed by atoms with Gasteiger partial charge in [-0.2, -0.15) is 0 Å². The summed E-state index contributed by atoms with van der Waals surface area (Å²) in [6.07, 6.45) is 0. The van der Waals surface area contributed by atoms with Gasteiger partial charge in [-0.05, 0) is 47.2 Å². The predicted octanol–water partition coefficient (Wildman–Crippen LogP) is 3.73. The number of rotatable bonds is 5. The van der Waals surface area contributed by atoms with Crippen LogP contribution < -0.4 is 4.74 Å². The highest BCUT2D eigenvalue weighted by Crippen LogP contribution is 2.21. The van der Waals surface area contributed by atoms with Crippen molar-refractivity contribution in [2.45, 2.75) is 10.9 Å². The average Bonchev–Trinajstić information content (AvgIpc) is 3.03. The SMILES string of the molecule is COc1ccc(CSc2nnn(-c3ccc(Br)cc3)n2)cc1. The van der Waals surface area contributed by atoms with Crippen LogP contribution >= 0.6 is 27.7 Å². The van der Waals surface area contributed by atoms with Crippen molar-refractivity contribution in [1.29, 1.82) is 0 Å². The summed E-state index contributed by atoms with van der Waals surface area (Å²) in [6.45, 7) is 0. The van der Waals surface area contributed by atoms with E-state index in [9.17, 15) is 0 Å². The molecular formula is C15H13BrN4OS. The highest BCUT2D eigenvalue weighted by molar-refractivity contribution is 9.10. The van der Waals surface area contributed by atoms with E-state index in [2.05, 4.69) is 31.3 Å². The van der Waals surface area contributed by atoms with Crippen molar-refractivity contribution < 1.29 is 4.74 Å². The number of ether oxygens (including phenoxy) is 1. The number of tetrazole rings is 1. The number of thioether (sulfide) groups is 1. The summed E-state index contributed by atoms with van der Waals surface area (Å²) in [4.78, 5) is 1.53. The minimum absolute atomic E-state index is 0.652. The van der Waals surface area contributed by atoms with Gasteiger partial charge in [0.25, 0.3) is 0 Å². The van der Waals surface area contributed by atoms with E-state index < -0.39 is 0 Å². The summed E-state index contributed by atoms with van der Waals surface area (Å²) in [5.41, 5.74) is 2.07. The summed E-state index contributed by atoms with van der Waals surface area (Å²) in [7, 11) is 1.66. The van der Waals surface area contributed by atoms with E-state index in [4.69, 9.17) is 4.74 Å². The Bertz CT molecular complexity index is 743. The van der Waals surface area contributed by atoms with Crippen molar-refractivity contribution >= 4 is 27.7 Å². The maximum absolute atomic E-state index is 5.14. The molecule has 0 aliphatic rings. The van der Waals surface area contributed by atoms with E-state index in [0.29, 0.717) is 5.16 Å².